The van der Waals surface area contributed by atoms with Gasteiger partial charge in [-0.15, -0.1) is 0 Å². The number of aromatic nitrogens is 2. The van der Waals surface area contributed by atoms with E-state index in [1.165, 1.54) is 7.11 Å². The molecular weight excluding hydrogens is 408 g/mol. The fourth-order valence-corrected chi connectivity index (χ4v) is 4.34. The van der Waals surface area contributed by atoms with Gasteiger partial charge in [0.2, 0.25) is 15.9 Å². The largest absolute Gasteiger partial charge is 0.495 e. The topological polar surface area (TPSA) is 103 Å². The molecule has 1 N–H and O–H groups in total. The summed E-state index contributed by atoms with van der Waals surface area (Å²) in [6.07, 6.45) is 0. The van der Waals surface area contributed by atoms with Crippen molar-refractivity contribution >= 4 is 15.8 Å². The van der Waals surface area contributed by atoms with Crippen LogP contribution in [0.2, 0.25) is 0 Å². The molecule has 164 valence electrons. The lowest BCUT2D eigenvalue weighted by atomic mass is 10.1. The van der Waals surface area contributed by atoms with Crippen LogP contribution < -0.4 is 19.1 Å². The molecule has 0 spiro atoms. The van der Waals surface area contributed by atoms with Gasteiger partial charge in [-0.05, 0) is 44.0 Å². The van der Waals surface area contributed by atoms with E-state index in [1.54, 1.807) is 25.1 Å². The molecule has 0 amide bonds. The molecule has 1 aromatic heterocycles. The lowest BCUT2D eigenvalue weighted by Gasteiger charge is -2.28. The number of hydrogen-bond donors (Lipinski definition) is 1. The van der Waals surface area contributed by atoms with E-state index in [4.69, 9.17) is 14.2 Å². The first-order valence-corrected chi connectivity index (χ1v) is 11.2. The Balaban J connectivity index is 1.62. The van der Waals surface area contributed by atoms with E-state index in [1.807, 2.05) is 13.8 Å². The van der Waals surface area contributed by atoms with Crippen LogP contribution in [0, 0.1) is 20.8 Å². The van der Waals surface area contributed by atoms with Gasteiger partial charge in [0.25, 0.3) is 0 Å². The highest BCUT2D eigenvalue weighted by atomic mass is 32.2. The first kappa shape index (κ1) is 22.3. The maximum atomic E-state index is 12.7. The predicted molar refractivity (Wildman–Crippen MR) is 113 cm³/mol. The van der Waals surface area contributed by atoms with Crippen molar-refractivity contribution in [3.05, 3.63) is 35.2 Å². The molecule has 0 saturated carbocycles. The molecule has 1 aliphatic rings. The van der Waals surface area contributed by atoms with Crippen LogP contribution in [0.15, 0.2) is 23.1 Å². The number of aryl methyl sites for hydroxylation is 3. The third kappa shape index (κ3) is 5.38. The Morgan fingerprint density at radius 2 is 1.80 bits per heavy atom. The number of benzene rings is 1. The zero-order chi connectivity index (χ0) is 21.7. The molecule has 0 unspecified atom stereocenters. The molecular formula is C20H28N4O5S. The Bertz CT molecular complexity index is 991. The van der Waals surface area contributed by atoms with Gasteiger partial charge in [0, 0.05) is 25.7 Å². The summed E-state index contributed by atoms with van der Waals surface area (Å²) in [5, 5.41) is 0. The molecule has 2 heterocycles. The van der Waals surface area contributed by atoms with Crippen molar-refractivity contribution in [2.45, 2.75) is 25.7 Å². The summed E-state index contributed by atoms with van der Waals surface area (Å²) in [6.45, 7) is 8.61. The summed E-state index contributed by atoms with van der Waals surface area (Å²) >= 11 is 0. The zero-order valence-corrected chi connectivity index (χ0v) is 18.6. The van der Waals surface area contributed by atoms with E-state index in [0.29, 0.717) is 30.7 Å². The van der Waals surface area contributed by atoms with Crippen molar-refractivity contribution in [1.82, 2.24) is 14.7 Å². The monoisotopic (exact) mass is 436 g/mol. The number of morpholine rings is 1. The first-order chi connectivity index (χ1) is 14.3. The Morgan fingerprint density at radius 3 is 2.50 bits per heavy atom. The summed E-state index contributed by atoms with van der Waals surface area (Å²) in [6, 6.07) is 5.09. The van der Waals surface area contributed by atoms with Crippen LogP contribution in [0.25, 0.3) is 0 Å². The lowest BCUT2D eigenvalue weighted by Crippen LogP contribution is -2.37. The minimum Gasteiger partial charge on any atom is -0.495 e. The number of nitrogens with one attached hydrogen (secondary N) is 1. The van der Waals surface area contributed by atoms with Gasteiger partial charge in [0.05, 0.1) is 20.3 Å². The van der Waals surface area contributed by atoms with Crippen molar-refractivity contribution in [2.24, 2.45) is 0 Å². The maximum absolute atomic E-state index is 12.7. The summed E-state index contributed by atoms with van der Waals surface area (Å²) < 4.78 is 44.3. The van der Waals surface area contributed by atoms with Crippen molar-refractivity contribution < 1.29 is 22.6 Å². The molecule has 1 aromatic carbocycles. The summed E-state index contributed by atoms with van der Waals surface area (Å²) in [5.41, 5.74) is 1.84. The zero-order valence-electron chi connectivity index (χ0n) is 17.8. The van der Waals surface area contributed by atoms with Gasteiger partial charge >= 0.3 is 0 Å². The van der Waals surface area contributed by atoms with Crippen molar-refractivity contribution in [3.63, 3.8) is 0 Å². The average Bonchev–Trinajstić information content (AvgIpc) is 2.73. The molecule has 1 fully saturated rings. The van der Waals surface area contributed by atoms with Gasteiger partial charge in [0.15, 0.2) is 0 Å². The van der Waals surface area contributed by atoms with Crippen molar-refractivity contribution in [2.75, 3.05) is 51.5 Å². The number of methoxy groups -OCH3 is 1. The third-order valence-electron chi connectivity index (χ3n) is 4.85. The summed E-state index contributed by atoms with van der Waals surface area (Å²) in [4.78, 5) is 11.0. The Morgan fingerprint density at radius 1 is 1.10 bits per heavy atom. The molecule has 0 bridgehead atoms. The molecule has 1 aliphatic heterocycles. The van der Waals surface area contributed by atoms with E-state index < -0.39 is 10.0 Å². The van der Waals surface area contributed by atoms with Crippen molar-refractivity contribution in [3.8, 4) is 11.6 Å². The number of hydrogen-bond acceptors (Lipinski definition) is 8. The van der Waals surface area contributed by atoms with E-state index in [2.05, 4.69) is 19.6 Å². The van der Waals surface area contributed by atoms with E-state index in [9.17, 15) is 8.42 Å². The lowest BCUT2D eigenvalue weighted by molar-refractivity contribution is 0.122. The number of sulfonamides is 1. The maximum Gasteiger partial charge on any atom is 0.244 e. The number of nitrogens with zero attached hydrogens (tertiary/aromatic N) is 3. The summed E-state index contributed by atoms with van der Waals surface area (Å²) in [5.74, 6) is 2.09. The highest BCUT2D eigenvalue weighted by molar-refractivity contribution is 7.89. The Hall–Kier alpha value is -2.43. The second-order valence-corrected chi connectivity index (χ2v) is 8.78. The van der Waals surface area contributed by atoms with Crippen LogP contribution in [-0.4, -0.2) is 65.0 Å². The smallest absolute Gasteiger partial charge is 0.244 e. The van der Waals surface area contributed by atoms with Crippen LogP contribution in [0.5, 0.6) is 11.6 Å². The molecule has 3 rings (SSSR count). The molecule has 0 aliphatic carbocycles. The normalized spacial score (nSPS) is 14.6. The standard InChI is InChI=1S/C20H28N4O5S/c1-14-11-17(27-4)18(12-15(14)2)30(25,26)21-5-8-29-20-13-19(22-16(3)23-20)24-6-9-28-10-7-24/h11-13,21H,5-10H2,1-4H3. The average molecular weight is 437 g/mol. The van der Waals surface area contributed by atoms with Crippen LogP contribution in [-0.2, 0) is 14.8 Å². The summed E-state index contributed by atoms with van der Waals surface area (Å²) in [7, 11) is -2.29. The van der Waals surface area contributed by atoms with Crippen molar-refractivity contribution in [1.29, 1.82) is 0 Å². The SMILES string of the molecule is COc1cc(C)c(C)cc1S(=O)(=O)NCCOc1cc(N2CCOCC2)nc(C)n1. The highest BCUT2D eigenvalue weighted by Crippen LogP contribution is 2.27. The fourth-order valence-electron chi connectivity index (χ4n) is 3.10. The van der Waals surface area contributed by atoms with Gasteiger partial charge in [-0.2, -0.15) is 4.98 Å². The van der Waals surface area contributed by atoms with Gasteiger partial charge in [0.1, 0.15) is 28.9 Å². The van der Waals surface area contributed by atoms with Crippen LogP contribution >= 0.6 is 0 Å². The molecule has 2 aromatic rings. The molecule has 9 nitrogen and oxygen atoms in total. The molecule has 10 heteroatoms. The quantitative estimate of drug-likeness (QED) is 0.623. The predicted octanol–water partition coefficient (Wildman–Crippen LogP) is 1.60. The molecule has 0 radical (unpaired) electrons. The van der Waals surface area contributed by atoms with E-state index in [-0.39, 0.29) is 18.0 Å². The van der Waals surface area contributed by atoms with E-state index in [0.717, 1.165) is 30.0 Å². The second-order valence-electron chi connectivity index (χ2n) is 7.04. The minimum atomic E-state index is -3.74. The van der Waals surface area contributed by atoms with Crippen LogP contribution in [0.1, 0.15) is 17.0 Å². The molecule has 30 heavy (non-hydrogen) atoms. The Labute approximate surface area is 177 Å². The second kappa shape index (κ2) is 9.59. The van der Waals surface area contributed by atoms with E-state index >= 15 is 0 Å². The first-order valence-electron chi connectivity index (χ1n) is 9.76. The highest BCUT2D eigenvalue weighted by Gasteiger charge is 2.20. The van der Waals surface area contributed by atoms with Gasteiger partial charge in [-0.25, -0.2) is 18.1 Å². The number of ether oxygens (including phenoxy) is 3. The van der Waals surface area contributed by atoms with Gasteiger partial charge in [-0.1, -0.05) is 0 Å². The number of anilines is 1. The van der Waals surface area contributed by atoms with Gasteiger partial charge in [-0.3, -0.25) is 0 Å². The minimum absolute atomic E-state index is 0.0916. The molecule has 0 atom stereocenters. The number of rotatable bonds is 8. The van der Waals surface area contributed by atoms with Crippen LogP contribution in [0.4, 0.5) is 5.82 Å². The molecule has 1 saturated heterocycles. The fraction of sp³-hybridized carbons (Fsp3) is 0.500. The third-order valence-corrected chi connectivity index (χ3v) is 6.33. The van der Waals surface area contributed by atoms with Crippen LogP contribution in [0.3, 0.4) is 0 Å². The van der Waals surface area contributed by atoms with Gasteiger partial charge < -0.3 is 19.1 Å². The Kier molecular flexibility index (Phi) is 7.11.